The smallest absolute Gasteiger partial charge is 0.197 e. The van der Waals surface area contributed by atoms with Crippen molar-refractivity contribution in [3.05, 3.63) is 158 Å². The van der Waals surface area contributed by atoms with Gasteiger partial charge in [0.25, 0.3) is 0 Å². The Morgan fingerprint density at radius 2 is 1.07 bits per heavy atom. The molecule has 0 spiro atoms. The van der Waals surface area contributed by atoms with E-state index in [0.717, 1.165) is 28.0 Å². The van der Waals surface area contributed by atoms with Crippen LogP contribution < -0.4 is 19.6 Å². The molecule has 0 unspecified atom stereocenters. The van der Waals surface area contributed by atoms with Crippen molar-refractivity contribution in [1.82, 2.24) is 0 Å². The molecule has 0 atom stereocenters. The average molecular weight is 667 g/mol. The molecule has 1 aromatic heterocycles. The molecular formula is C36H27IO5. The van der Waals surface area contributed by atoms with Gasteiger partial charge in [0.05, 0.1) is 3.57 Å². The van der Waals surface area contributed by atoms with Gasteiger partial charge in [0, 0.05) is 17.7 Å². The maximum absolute atomic E-state index is 13.6. The van der Waals surface area contributed by atoms with Crippen LogP contribution in [0.25, 0.3) is 22.3 Å². The van der Waals surface area contributed by atoms with E-state index in [9.17, 15) is 4.79 Å². The quantitative estimate of drug-likeness (QED) is 0.137. The Bertz CT molecular complexity index is 1830. The summed E-state index contributed by atoms with van der Waals surface area (Å²) in [6.45, 7) is 1.15. The topological polar surface area (TPSA) is 57.9 Å². The first-order chi connectivity index (χ1) is 20.6. The normalized spacial score (nSPS) is 10.9. The van der Waals surface area contributed by atoms with Crippen molar-refractivity contribution < 1.29 is 18.6 Å². The fourth-order valence-corrected chi connectivity index (χ4v) is 5.23. The molecule has 0 saturated carbocycles. The maximum atomic E-state index is 13.6. The van der Waals surface area contributed by atoms with Crippen molar-refractivity contribution in [1.29, 1.82) is 0 Å². The second-order valence-corrected chi connectivity index (χ2v) is 10.8. The first-order valence-electron chi connectivity index (χ1n) is 13.5. The SMILES string of the molecule is O=c1cc(-c2ccc(OCc3ccccc3)cc2)oc2c(I)c(OCc3ccccc3)cc(OCc3ccccc3)c12. The van der Waals surface area contributed by atoms with Crippen LogP contribution in [0.3, 0.4) is 0 Å². The zero-order valence-corrected chi connectivity index (χ0v) is 24.8. The van der Waals surface area contributed by atoms with E-state index in [1.165, 1.54) is 6.07 Å². The van der Waals surface area contributed by atoms with E-state index >= 15 is 0 Å². The summed E-state index contributed by atoms with van der Waals surface area (Å²) < 4.78 is 25.5. The molecule has 5 aromatic carbocycles. The van der Waals surface area contributed by atoms with Crippen molar-refractivity contribution >= 4 is 33.6 Å². The first-order valence-corrected chi connectivity index (χ1v) is 14.6. The predicted octanol–water partition coefficient (Wildman–Crippen LogP) is 8.80. The standard InChI is InChI=1S/C36H27IO5/c37-35-33(41-24-27-14-8-3-9-15-27)21-32(40-23-26-12-6-2-7-13-26)34-30(38)20-31(42-36(34)35)28-16-18-29(19-17-28)39-22-25-10-4-1-5-11-25/h1-21H,22-24H2. The Morgan fingerprint density at radius 1 is 0.571 bits per heavy atom. The Kier molecular flexibility index (Phi) is 8.51. The van der Waals surface area contributed by atoms with E-state index in [4.69, 9.17) is 18.6 Å². The number of benzene rings is 5. The summed E-state index contributed by atoms with van der Waals surface area (Å²) in [6, 6.07) is 40.6. The number of rotatable bonds is 10. The van der Waals surface area contributed by atoms with Crippen LogP contribution in [0.5, 0.6) is 17.2 Å². The Hall–Kier alpha value is -4.56. The number of hydrogen-bond acceptors (Lipinski definition) is 5. The lowest BCUT2D eigenvalue weighted by Crippen LogP contribution is -2.07. The Morgan fingerprint density at radius 3 is 1.62 bits per heavy atom. The van der Waals surface area contributed by atoms with Crippen LogP contribution in [-0.2, 0) is 19.8 Å². The predicted molar refractivity (Wildman–Crippen MR) is 173 cm³/mol. The monoisotopic (exact) mass is 666 g/mol. The molecule has 0 fully saturated rings. The summed E-state index contributed by atoms with van der Waals surface area (Å²) >= 11 is 2.18. The minimum absolute atomic E-state index is 0.189. The van der Waals surface area contributed by atoms with E-state index in [1.54, 1.807) is 6.07 Å². The molecule has 6 rings (SSSR count). The number of hydrogen-bond donors (Lipinski definition) is 0. The number of ether oxygens (including phenoxy) is 3. The number of halogens is 1. The van der Waals surface area contributed by atoms with Crippen molar-refractivity contribution in [3.63, 3.8) is 0 Å². The van der Waals surface area contributed by atoms with Gasteiger partial charge in [-0.15, -0.1) is 0 Å². The highest BCUT2D eigenvalue weighted by Crippen LogP contribution is 2.38. The second kappa shape index (κ2) is 13.0. The van der Waals surface area contributed by atoms with E-state index in [1.807, 2.05) is 115 Å². The summed E-state index contributed by atoms with van der Waals surface area (Å²) in [7, 11) is 0. The molecule has 0 aliphatic heterocycles. The highest BCUT2D eigenvalue weighted by atomic mass is 127. The van der Waals surface area contributed by atoms with Crippen molar-refractivity contribution in [3.8, 4) is 28.6 Å². The summed E-state index contributed by atoms with van der Waals surface area (Å²) in [4.78, 5) is 13.6. The van der Waals surface area contributed by atoms with Gasteiger partial charge >= 0.3 is 0 Å². The fraction of sp³-hybridized carbons (Fsp3) is 0.0833. The molecular weight excluding hydrogens is 639 g/mol. The van der Waals surface area contributed by atoms with Crippen LogP contribution in [-0.4, -0.2) is 0 Å². The van der Waals surface area contributed by atoms with Gasteiger partial charge in [-0.2, -0.15) is 0 Å². The van der Waals surface area contributed by atoms with Gasteiger partial charge in [-0.3, -0.25) is 4.79 Å². The molecule has 0 aliphatic rings. The average Bonchev–Trinajstić information content (AvgIpc) is 3.04. The van der Waals surface area contributed by atoms with Crippen molar-refractivity contribution in [2.45, 2.75) is 19.8 Å². The van der Waals surface area contributed by atoms with Crippen molar-refractivity contribution in [2.75, 3.05) is 0 Å². The maximum Gasteiger partial charge on any atom is 0.197 e. The second-order valence-electron chi connectivity index (χ2n) is 9.71. The van der Waals surface area contributed by atoms with Crippen LogP contribution in [0.2, 0.25) is 0 Å². The summed E-state index contributed by atoms with van der Waals surface area (Å²) in [5.41, 5.74) is 4.12. The first kappa shape index (κ1) is 27.6. The Balaban J connectivity index is 1.33. The zero-order valence-electron chi connectivity index (χ0n) is 22.7. The summed E-state index contributed by atoms with van der Waals surface area (Å²) in [5.74, 6) is 2.19. The van der Waals surface area contributed by atoms with Gasteiger partial charge in [0.1, 0.15) is 48.2 Å². The minimum atomic E-state index is -0.189. The third kappa shape index (κ3) is 6.50. The van der Waals surface area contributed by atoms with Crippen LogP contribution in [0, 0.1) is 3.57 Å². The molecule has 0 saturated heterocycles. The molecule has 0 aliphatic carbocycles. The lowest BCUT2D eigenvalue weighted by Gasteiger charge is -2.15. The van der Waals surface area contributed by atoms with Gasteiger partial charge in [0.2, 0.25) is 0 Å². The van der Waals surface area contributed by atoms with Gasteiger partial charge in [-0.05, 0) is 63.5 Å². The molecule has 0 radical (unpaired) electrons. The molecule has 42 heavy (non-hydrogen) atoms. The molecule has 0 bridgehead atoms. The van der Waals surface area contributed by atoms with Crippen LogP contribution >= 0.6 is 22.6 Å². The lowest BCUT2D eigenvalue weighted by molar-refractivity contribution is 0.290. The van der Waals surface area contributed by atoms with Gasteiger partial charge < -0.3 is 18.6 Å². The van der Waals surface area contributed by atoms with Gasteiger partial charge in [-0.1, -0.05) is 91.0 Å². The van der Waals surface area contributed by atoms with E-state index in [0.29, 0.717) is 51.6 Å². The lowest BCUT2D eigenvalue weighted by atomic mass is 10.1. The molecule has 1 heterocycles. The highest BCUT2D eigenvalue weighted by molar-refractivity contribution is 14.1. The third-order valence-electron chi connectivity index (χ3n) is 6.73. The fourth-order valence-electron chi connectivity index (χ4n) is 4.54. The summed E-state index contributed by atoms with van der Waals surface area (Å²) in [5, 5.41) is 0.383. The van der Waals surface area contributed by atoms with Crippen LogP contribution in [0.1, 0.15) is 16.7 Å². The Labute approximate surface area is 257 Å². The highest BCUT2D eigenvalue weighted by Gasteiger charge is 2.20. The molecule has 6 heteroatoms. The number of fused-ring (bicyclic) bond motifs is 1. The zero-order chi connectivity index (χ0) is 28.7. The minimum Gasteiger partial charge on any atom is -0.489 e. The molecule has 0 amide bonds. The van der Waals surface area contributed by atoms with Crippen molar-refractivity contribution in [2.24, 2.45) is 0 Å². The van der Waals surface area contributed by atoms with Gasteiger partial charge in [-0.25, -0.2) is 0 Å². The summed E-state index contributed by atoms with van der Waals surface area (Å²) in [6.07, 6.45) is 0. The van der Waals surface area contributed by atoms with E-state index in [2.05, 4.69) is 22.6 Å². The van der Waals surface area contributed by atoms with Gasteiger partial charge in [0.15, 0.2) is 11.0 Å². The van der Waals surface area contributed by atoms with Crippen LogP contribution in [0.15, 0.2) is 137 Å². The van der Waals surface area contributed by atoms with E-state index < -0.39 is 0 Å². The molecule has 5 nitrogen and oxygen atoms in total. The largest absolute Gasteiger partial charge is 0.489 e. The third-order valence-corrected chi connectivity index (χ3v) is 7.75. The molecule has 208 valence electrons. The van der Waals surface area contributed by atoms with E-state index in [-0.39, 0.29) is 5.43 Å². The van der Waals surface area contributed by atoms with Crippen LogP contribution in [0.4, 0.5) is 0 Å². The molecule has 0 N–H and O–H groups in total. The molecule has 6 aromatic rings.